The molecule has 1 atom stereocenters. The summed E-state index contributed by atoms with van der Waals surface area (Å²) in [6.45, 7) is 9.61. The zero-order chi connectivity index (χ0) is 16.7. The highest BCUT2D eigenvalue weighted by Gasteiger charge is 2.20. The Morgan fingerprint density at radius 2 is 2.13 bits per heavy atom. The van der Waals surface area contributed by atoms with E-state index < -0.39 is 5.76 Å². The first-order valence-corrected chi connectivity index (χ1v) is 9.10. The molecule has 1 aromatic heterocycles. The molecular formula is C16H26F2N2O2S. The number of ether oxygens (including phenoxy) is 1. The number of hydrogen-bond acceptors (Lipinski definition) is 5. The molecule has 1 aliphatic heterocycles. The van der Waals surface area contributed by atoms with Gasteiger partial charge < -0.3 is 14.5 Å². The second-order valence-corrected chi connectivity index (χ2v) is 7.20. The van der Waals surface area contributed by atoms with E-state index >= 15 is 0 Å². The third kappa shape index (κ3) is 7.20. The highest BCUT2D eigenvalue weighted by Crippen LogP contribution is 2.21. The van der Waals surface area contributed by atoms with Crippen LogP contribution in [-0.4, -0.2) is 49.5 Å². The fraction of sp³-hybridized carbons (Fsp3) is 0.750. The molecule has 1 aromatic rings. The van der Waals surface area contributed by atoms with Gasteiger partial charge in [-0.3, -0.25) is 4.90 Å². The van der Waals surface area contributed by atoms with Gasteiger partial charge in [0.05, 0.1) is 25.0 Å². The number of furan rings is 1. The molecule has 2 rings (SSSR count). The van der Waals surface area contributed by atoms with Crippen LogP contribution in [0.4, 0.5) is 8.78 Å². The number of halogens is 2. The Bertz CT molecular complexity index is 457. The minimum Gasteiger partial charge on any atom is -0.464 e. The van der Waals surface area contributed by atoms with Crippen LogP contribution >= 0.6 is 11.8 Å². The Morgan fingerprint density at radius 1 is 1.35 bits per heavy atom. The molecule has 23 heavy (non-hydrogen) atoms. The number of hydrogen-bond donors (Lipinski definition) is 1. The first-order valence-electron chi connectivity index (χ1n) is 8.05. The van der Waals surface area contributed by atoms with Crippen molar-refractivity contribution in [2.75, 3.05) is 32.8 Å². The standard InChI is InChI=1S/C16H26F2N2O2S/c1-12(2)9-20-5-6-21-15(10-20)8-19-7-13-3-4-14(22-13)11-23-16(17)18/h3-4,12,15-16,19H,5-11H2,1-2H3. The van der Waals surface area contributed by atoms with Crippen LogP contribution < -0.4 is 5.32 Å². The lowest BCUT2D eigenvalue weighted by molar-refractivity contribution is -0.0304. The molecule has 0 aliphatic carbocycles. The monoisotopic (exact) mass is 348 g/mol. The van der Waals surface area contributed by atoms with Crippen molar-refractivity contribution in [1.82, 2.24) is 10.2 Å². The van der Waals surface area contributed by atoms with Crippen molar-refractivity contribution >= 4 is 11.8 Å². The molecule has 1 aliphatic rings. The van der Waals surface area contributed by atoms with E-state index in [1.807, 2.05) is 6.07 Å². The van der Waals surface area contributed by atoms with Gasteiger partial charge in [0.1, 0.15) is 11.5 Å². The first-order chi connectivity index (χ1) is 11.0. The molecule has 1 unspecified atom stereocenters. The lowest BCUT2D eigenvalue weighted by Crippen LogP contribution is -2.47. The SMILES string of the molecule is CC(C)CN1CCOC(CNCc2ccc(CSC(F)F)o2)C1. The molecule has 0 bridgehead atoms. The predicted molar refractivity (Wildman–Crippen MR) is 88.7 cm³/mol. The summed E-state index contributed by atoms with van der Waals surface area (Å²) in [5.74, 6) is -0.143. The molecule has 7 heteroatoms. The fourth-order valence-corrected chi connectivity index (χ4v) is 3.13. The van der Waals surface area contributed by atoms with Crippen LogP contribution in [0.5, 0.6) is 0 Å². The quantitative estimate of drug-likeness (QED) is 0.742. The summed E-state index contributed by atoms with van der Waals surface area (Å²) >= 11 is 0.576. The normalized spacial score (nSPS) is 19.8. The van der Waals surface area contributed by atoms with Gasteiger partial charge in [-0.15, -0.1) is 0 Å². The van der Waals surface area contributed by atoms with E-state index in [2.05, 4.69) is 24.1 Å². The maximum absolute atomic E-state index is 12.1. The second kappa shape index (κ2) is 9.61. The topological polar surface area (TPSA) is 37.6 Å². The molecule has 2 heterocycles. The lowest BCUT2D eigenvalue weighted by Gasteiger charge is -2.34. The minimum absolute atomic E-state index is 0.186. The molecule has 0 spiro atoms. The molecule has 4 nitrogen and oxygen atoms in total. The van der Waals surface area contributed by atoms with Gasteiger partial charge in [0.15, 0.2) is 0 Å². The van der Waals surface area contributed by atoms with E-state index in [-0.39, 0.29) is 11.9 Å². The van der Waals surface area contributed by atoms with Crippen molar-refractivity contribution in [2.45, 2.75) is 38.0 Å². The Kier molecular flexibility index (Phi) is 7.82. The summed E-state index contributed by atoms with van der Waals surface area (Å²) in [5.41, 5.74) is 0. The van der Waals surface area contributed by atoms with Gasteiger partial charge in [0.2, 0.25) is 0 Å². The molecule has 1 N–H and O–H groups in total. The summed E-state index contributed by atoms with van der Waals surface area (Å²) in [5, 5.41) is 3.32. The molecule has 0 amide bonds. The number of nitrogens with one attached hydrogen (secondary N) is 1. The van der Waals surface area contributed by atoms with Crippen LogP contribution in [0.2, 0.25) is 0 Å². The highest BCUT2D eigenvalue weighted by atomic mass is 32.2. The third-order valence-electron chi connectivity index (χ3n) is 3.59. The van der Waals surface area contributed by atoms with Gasteiger partial charge >= 0.3 is 0 Å². The average Bonchev–Trinajstić information content (AvgIpc) is 2.93. The summed E-state index contributed by atoms with van der Waals surface area (Å²) in [6, 6.07) is 3.59. The molecule has 1 fully saturated rings. The molecule has 1 saturated heterocycles. The second-order valence-electron chi connectivity index (χ2n) is 6.22. The van der Waals surface area contributed by atoms with Crippen LogP contribution in [0.3, 0.4) is 0 Å². The summed E-state index contributed by atoms with van der Waals surface area (Å²) in [7, 11) is 0. The third-order valence-corrected chi connectivity index (χ3v) is 4.29. The first kappa shape index (κ1) is 18.7. The summed E-state index contributed by atoms with van der Waals surface area (Å²) in [4.78, 5) is 2.44. The van der Waals surface area contributed by atoms with Gasteiger partial charge in [-0.2, -0.15) is 8.78 Å². The molecule has 0 saturated carbocycles. The van der Waals surface area contributed by atoms with Gasteiger partial charge in [0, 0.05) is 26.2 Å². The minimum atomic E-state index is -2.36. The van der Waals surface area contributed by atoms with Crippen molar-refractivity contribution in [1.29, 1.82) is 0 Å². The number of morpholine rings is 1. The van der Waals surface area contributed by atoms with Gasteiger partial charge in [-0.1, -0.05) is 25.6 Å². The summed E-state index contributed by atoms with van der Waals surface area (Å²) in [6.07, 6.45) is 0.186. The zero-order valence-corrected chi connectivity index (χ0v) is 14.6. The van der Waals surface area contributed by atoms with Crippen molar-refractivity contribution in [3.8, 4) is 0 Å². The fourth-order valence-electron chi connectivity index (χ4n) is 2.68. The number of thioether (sulfide) groups is 1. The number of alkyl halides is 2. The van der Waals surface area contributed by atoms with Crippen LogP contribution in [0.25, 0.3) is 0 Å². The lowest BCUT2D eigenvalue weighted by atomic mass is 10.2. The Morgan fingerprint density at radius 3 is 2.87 bits per heavy atom. The van der Waals surface area contributed by atoms with Crippen LogP contribution in [0.15, 0.2) is 16.5 Å². The van der Waals surface area contributed by atoms with Crippen LogP contribution in [0, 0.1) is 5.92 Å². The maximum Gasteiger partial charge on any atom is 0.284 e. The largest absolute Gasteiger partial charge is 0.464 e. The van der Waals surface area contributed by atoms with E-state index in [4.69, 9.17) is 9.15 Å². The Labute approximate surface area is 140 Å². The van der Waals surface area contributed by atoms with Crippen molar-refractivity contribution in [3.05, 3.63) is 23.7 Å². The van der Waals surface area contributed by atoms with E-state index in [1.54, 1.807) is 6.07 Å². The van der Waals surface area contributed by atoms with Gasteiger partial charge in [0.25, 0.3) is 5.76 Å². The van der Waals surface area contributed by atoms with Crippen molar-refractivity contribution in [3.63, 3.8) is 0 Å². The van der Waals surface area contributed by atoms with E-state index in [9.17, 15) is 8.78 Å². The summed E-state index contributed by atoms with van der Waals surface area (Å²) < 4.78 is 35.6. The average molecular weight is 348 g/mol. The molecule has 0 radical (unpaired) electrons. The number of rotatable bonds is 9. The molecular weight excluding hydrogens is 322 g/mol. The Hall–Kier alpha value is -0.630. The van der Waals surface area contributed by atoms with Crippen molar-refractivity contribution < 1.29 is 17.9 Å². The Balaban J connectivity index is 1.66. The van der Waals surface area contributed by atoms with Gasteiger partial charge in [-0.25, -0.2) is 0 Å². The van der Waals surface area contributed by atoms with E-state index in [0.29, 0.717) is 30.0 Å². The smallest absolute Gasteiger partial charge is 0.284 e. The van der Waals surface area contributed by atoms with E-state index in [1.165, 1.54) is 0 Å². The molecule has 132 valence electrons. The van der Waals surface area contributed by atoms with E-state index in [0.717, 1.165) is 38.5 Å². The van der Waals surface area contributed by atoms with Gasteiger partial charge in [-0.05, 0) is 18.1 Å². The molecule has 0 aromatic carbocycles. The zero-order valence-electron chi connectivity index (χ0n) is 13.8. The maximum atomic E-state index is 12.1. The highest BCUT2D eigenvalue weighted by molar-refractivity contribution is 7.98. The van der Waals surface area contributed by atoms with Crippen LogP contribution in [0.1, 0.15) is 25.4 Å². The number of nitrogens with zero attached hydrogens (tertiary/aromatic N) is 1. The predicted octanol–water partition coefficient (Wildman–Crippen LogP) is 3.18. The van der Waals surface area contributed by atoms with Crippen LogP contribution in [-0.2, 0) is 17.0 Å². The van der Waals surface area contributed by atoms with Crippen molar-refractivity contribution in [2.24, 2.45) is 5.92 Å².